The van der Waals surface area contributed by atoms with E-state index in [9.17, 15) is 35.0 Å². The minimum Gasteiger partial charge on any atom is -0.493 e. The van der Waals surface area contributed by atoms with E-state index in [1.54, 1.807) is 40.9 Å². The maximum Gasteiger partial charge on any atom is 0.311 e. The molecule has 430 valence electrons. The molecule has 78 heavy (non-hydrogen) atoms. The summed E-state index contributed by atoms with van der Waals surface area (Å²) in [5, 5.41) is 48.7. The lowest BCUT2D eigenvalue weighted by atomic mass is 9.67. The van der Waals surface area contributed by atoms with Crippen molar-refractivity contribution in [2.45, 2.75) is 145 Å². The summed E-state index contributed by atoms with van der Waals surface area (Å²) in [4.78, 5) is 36.8. The second-order valence-electron chi connectivity index (χ2n) is 20.9. The Balaban J connectivity index is 0.000000690. The maximum absolute atomic E-state index is 13.2. The summed E-state index contributed by atoms with van der Waals surface area (Å²) < 4.78 is 32.5. The first kappa shape index (κ1) is 69.4. The first-order valence-electron chi connectivity index (χ1n) is 27.3. The molecule has 3 rings (SSSR count). The van der Waals surface area contributed by atoms with Crippen molar-refractivity contribution in [3.63, 3.8) is 0 Å². The molecule has 3 N–H and O–H groups in total. The molecule has 0 radical (unpaired) electrons. The molecular formula is C64H92N2O12. The molecule has 0 amide bonds. The van der Waals surface area contributed by atoms with Gasteiger partial charge in [-0.05, 0) is 152 Å². The number of carboxylic acids is 2. The summed E-state index contributed by atoms with van der Waals surface area (Å²) in [6, 6.07) is 15.8. The third-order valence-corrected chi connectivity index (χ3v) is 13.9. The molecule has 14 nitrogen and oxygen atoms in total. The summed E-state index contributed by atoms with van der Waals surface area (Å²) in [6.07, 6.45) is 25.1. The Morgan fingerprint density at radius 2 is 1.17 bits per heavy atom. The number of aliphatic hydroxyl groups is 1. The molecule has 1 heterocycles. The van der Waals surface area contributed by atoms with Gasteiger partial charge in [0.25, 0.3) is 0 Å². The summed E-state index contributed by atoms with van der Waals surface area (Å²) in [5.41, 5.74) is -1.21. The Hall–Kier alpha value is -6.61. The highest BCUT2D eigenvalue weighted by Gasteiger charge is 2.46. The van der Waals surface area contributed by atoms with Gasteiger partial charge in [0.05, 0.1) is 61.0 Å². The van der Waals surface area contributed by atoms with Gasteiger partial charge in [-0.2, -0.15) is 10.5 Å². The van der Waals surface area contributed by atoms with Gasteiger partial charge < -0.3 is 43.7 Å². The van der Waals surface area contributed by atoms with Crippen molar-refractivity contribution in [2.75, 3.05) is 40.6 Å². The van der Waals surface area contributed by atoms with Gasteiger partial charge in [-0.25, -0.2) is 0 Å². The van der Waals surface area contributed by atoms with E-state index in [0.717, 1.165) is 54.9 Å². The zero-order valence-electron chi connectivity index (χ0n) is 48.6. The highest BCUT2D eigenvalue weighted by atomic mass is 16.6. The Morgan fingerprint density at radius 1 is 0.718 bits per heavy atom. The quantitative estimate of drug-likeness (QED) is 0.0332. The third kappa shape index (κ3) is 26.2. The number of epoxide rings is 1. The number of allylic oxidation sites excluding steroid dienone is 8. The van der Waals surface area contributed by atoms with Crippen LogP contribution < -0.4 is 18.9 Å². The molecule has 0 aromatic heterocycles. The van der Waals surface area contributed by atoms with Gasteiger partial charge in [-0.15, -0.1) is 13.2 Å². The SMILES string of the molecule is C=CC(C)CCC=CCC(C#N)CC(C)(CC(C)(CC)C(=O)OCC(O)COc1ccc(C=CC)cc1OC)C(=O)O.C=CC(C)CCC=CCC(C#N)CC(C)(CC)C(=O)O.CC=Cc1ccc(OCC2CO2)c(OC)c1. The number of aliphatic hydroxyl groups excluding tert-OH is 1. The lowest BCUT2D eigenvalue weighted by Crippen LogP contribution is -2.41. The van der Waals surface area contributed by atoms with E-state index < -0.39 is 46.2 Å². The van der Waals surface area contributed by atoms with Gasteiger partial charge in [-0.1, -0.05) is 101 Å². The van der Waals surface area contributed by atoms with E-state index in [2.05, 4.69) is 45.2 Å². The van der Waals surface area contributed by atoms with E-state index in [4.69, 9.17) is 33.7 Å². The number of hydrogen-bond donors (Lipinski definition) is 3. The number of nitrogens with zero attached hydrogens (tertiary/aromatic N) is 2. The van der Waals surface area contributed by atoms with Crippen LogP contribution in [0.4, 0.5) is 0 Å². The second kappa shape index (κ2) is 37.2. The molecule has 1 fully saturated rings. The number of hydrogen-bond acceptors (Lipinski definition) is 12. The average molecular weight is 1080 g/mol. The lowest BCUT2D eigenvalue weighted by Gasteiger charge is -2.36. The molecule has 1 aliphatic rings. The first-order valence-corrected chi connectivity index (χ1v) is 27.3. The summed E-state index contributed by atoms with van der Waals surface area (Å²) in [5.74, 6) is 0.156. The molecule has 9 unspecified atom stereocenters. The number of rotatable bonds is 35. The van der Waals surface area contributed by atoms with E-state index in [-0.39, 0.29) is 38.1 Å². The summed E-state index contributed by atoms with van der Waals surface area (Å²) in [7, 11) is 3.17. The second-order valence-corrected chi connectivity index (χ2v) is 20.9. The molecule has 0 saturated carbocycles. The number of esters is 1. The highest BCUT2D eigenvalue weighted by molar-refractivity contribution is 5.80. The van der Waals surface area contributed by atoms with Gasteiger partial charge in [0.1, 0.15) is 32.0 Å². The minimum absolute atomic E-state index is 0.00818. The van der Waals surface area contributed by atoms with Crippen LogP contribution in [0, 0.1) is 62.6 Å². The maximum atomic E-state index is 13.2. The molecule has 9 atom stereocenters. The number of benzene rings is 2. The Morgan fingerprint density at radius 3 is 1.55 bits per heavy atom. The molecule has 0 spiro atoms. The van der Waals surface area contributed by atoms with Crippen molar-refractivity contribution in [3.05, 3.63) is 109 Å². The number of carbonyl (C=O) groups is 3. The van der Waals surface area contributed by atoms with Crippen LogP contribution in [-0.2, 0) is 23.9 Å². The minimum atomic E-state index is -1.33. The smallest absolute Gasteiger partial charge is 0.311 e. The Kier molecular flexibility index (Phi) is 33.1. The average Bonchev–Trinajstić information content (AvgIpc) is 4.28. The van der Waals surface area contributed by atoms with Crippen molar-refractivity contribution in [1.82, 2.24) is 0 Å². The van der Waals surface area contributed by atoms with Gasteiger partial charge in [0.2, 0.25) is 0 Å². The third-order valence-electron chi connectivity index (χ3n) is 13.9. The van der Waals surface area contributed by atoms with Crippen LogP contribution in [-0.4, -0.2) is 86.1 Å². The number of ether oxygens (including phenoxy) is 6. The number of nitriles is 2. The number of carboxylic acid groups (broad SMARTS) is 2. The van der Waals surface area contributed by atoms with Crippen molar-refractivity contribution >= 4 is 30.1 Å². The zero-order chi connectivity index (χ0) is 58.7. The number of carbonyl (C=O) groups excluding carboxylic acids is 1. The van der Waals surface area contributed by atoms with E-state index >= 15 is 0 Å². The van der Waals surface area contributed by atoms with Crippen LogP contribution in [0.1, 0.15) is 144 Å². The highest BCUT2D eigenvalue weighted by Crippen LogP contribution is 2.43. The van der Waals surface area contributed by atoms with Crippen LogP contribution in [0.15, 0.2) is 98.2 Å². The summed E-state index contributed by atoms with van der Waals surface area (Å²) >= 11 is 0. The van der Waals surface area contributed by atoms with Crippen LogP contribution >= 0.6 is 0 Å². The predicted octanol–water partition coefficient (Wildman–Crippen LogP) is 14.1. The monoisotopic (exact) mass is 1080 g/mol. The molecule has 1 saturated heterocycles. The van der Waals surface area contributed by atoms with Crippen molar-refractivity contribution in [3.8, 4) is 35.1 Å². The molecule has 1 aliphatic heterocycles. The fraction of sp³-hybridized carbons (Fsp3) is 0.547. The van der Waals surface area contributed by atoms with Crippen LogP contribution in [0.5, 0.6) is 23.0 Å². The normalized spacial score (nSPS) is 17.1. The molecular weight excluding hydrogens is 989 g/mol. The van der Waals surface area contributed by atoms with Crippen molar-refractivity contribution < 1.29 is 58.1 Å². The van der Waals surface area contributed by atoms with E-state index in [0.29, 0.717) is 62.0 Å². The van der Waals surface area contributed by atoms with Crippen LogP contribution in [0.25, 0.3) is 12.2 Å². The lowest BCUT2D eigenvalue weighted by molar-refractivity contribution is -0.164. The fourth-order valence-electron chi connectivity index (χ4n) is 8.11. The molecule has 2 aromatic carbocycles. The standard InChI is InChI=1S/C34H49NO7.C17H27NO2.C13H16O3/c1-8-14-26-17-18-29(30(19-26)40-7)41-22-28(36)23-42-32(39)33(5,10-3)24-34(6,31(37)38)20-27(21-35)16-13-11-12-15-25(4)9-2;1-5-14(3)10-8-7-9-11-15(13-18)12-17(4,6-2)16(19)20;1-3-4-10-5-6-12(13(7-10)14-2)16-9-11-8-15-11/h8-9,11,13-14,17-19,25,27-28,36H,2,10,12,15-16,20,22-24H2,1,3-7H3,(H,37,38);5,7,9,14-15H,1,6,8,10-12H2,2-4H3,(H,19,20);3-7,11H,8-9H2,1-2H3. The largest absolute Gasteiger partial charge is 0.493 e. The van der Waals surface area contributed by atoms with E-state index in [1.165, 1.54) is 7.11 Å². The van der Waals surface area contributed by atoms with E-state index in [1.807, 2.05) is 106 Å². The topological polar surface area (TPSA) is 218 Å². The van der Waals surface area contributed by atoms with Gasteiger partial charge in [-0.3, -0.25) is 14.4 Å². The molecule has 2 aromatic rings. The first-order chi connectivity index (χ1) is 37.1. The Bertz CT molecular complexity index is 2360. The fourth-order valence-corrected chi connectivity index (χ4v) is 8.11. The molecule has 14 heteroatoms. The van der Waals surface area contributed by atoms with Crippen LogP contribution in [0.2, 0.25) is 0 Å². The van der Waals surface area contributed by atoms with Crippen LogP contribution in [0.3, 0.4) is 0 Å². The number of methoxy groups -OCH3 is 2. The number of aliphatic carboxylic acids is 2. The van der Waals surface area contributed by atoms with Gasteiger partial charge >= 0.3 is 17.9 Å². The summed E-state index contributed by atoms with van der Waals surface area (Å²) in [6.45, 7) is 25.2. The van der Waals surface area contributed by atoms with Gasteiger partial charge in [0, 0.05) is 0 Å². The van der Waals surface area contributed by atoms with Gasteiger partial charge in [0.15, 0.2) is 23.0 Å². The molecule has 0 bridgehead atoms. The van der Waals surface area contributed by atoms with Crippen molar-refractivity contribution in [1.29, 1.82) is 10.5 Å². The Labute approximate surface area is 467 Å². The zero-order valence-corrected chi connectivity index (χ0v) is 48.6. The van der Waals surface area contributed by atoms with Crippen molar-refractivity contribution in [2.24, 2.45) is 39.9 Å². The predicted molar refractivity (Wildman–Crippen MR) is 310 cm³/mol. The molecule has 0 aliphatic carbocycles.